The van der Waals surface area contributed by atoms with E-state index in [0.717, 1.165) is 36.3 Å². The molecule has 0 amide bonds. The molecule has 2 aromatic heterocycles. The van der Waals surface area contributed by atoms with Crippen molar-refractivity contribution in [3.63, 3.8) is 0 Å². The summed E-state index contributed by atoms with van der Waals surface area (Å²) in [5.41, 5.74) is 0.444. The van der Waals surface area contributed by atoms with Crippen LogP contribution in [0.2, 0.25) is 5.15 Å². The lowest BCUT2D eigenvalue weighted by Gasteiger charge is -2.22. The number of aromatic nitrogens is 2. The van der Waals surface area contributed by atoms with Crippen molar-refractivity contribution in [1.29, 1.82) is 0 Å². The van der Waals surface area contributed by atoms with E-state index >= 15 is 0 Å². The zero-order valence-electron chi connectivity index (χ0n) is 10.0. The molecule has 0 atom stereocenters. The van der Waals surface area contributed by atoms with E-state index in [1.807, 2.05) is 16.0 Å². The maximum Gasteiger partial charge on any atom is 0.195 e. The van der Waals surface area contributed by atoms with Crippen LogP contribution in [0.25, 0.3) is 4.96 Å². The van der Waals surface area contributed by atoms with Crippen LogP contribution in [-0.4, -0.2) is 26.6 Å². The van der Waals surface area contributed by atoms with Crippen LogP contribution in [0.4, 0.5) is 0 Å². The molecule has 18 heavy (non-hydrogen) atoms. The van der Waals surface area contributed by atoms with Gasteiger partial charge in [0.1, 0.15) is 0 Å². The summed E-state index contributed by atoms with van der Waals surface area (Å²) >= 11 is 7.68. The fraction of sp³-hybridized carbons (Fsp3) is 0.583. The Morgan fingerprint density at radius 3 is 3.06 bits per heavy atom. The molecule has 6 heteroatoms. The van der Waals surface area contributed by atoms with Gasteiger partial charge in [-0.25, -0.2) is 4.98 Å². The molecule has 0 aliphatic heterocycles. The average Bonchev–Trinajstić information content (AvgIpc) is 2.99. The molecular formula is C12H16ClN3OS. The second-order valence-corrected chi connectivity index (χ2v) is 6.17. The van der Waals surface area contributed by atoms with Crippen molar-refractivity contribution in [2.24, 2.45) is 0 Å². The summed E-state index contributed by atoms with van der Waals surface area (Å²) in [7, 11) is 0. The van der Waals surface area contributed by atoms with E-state index in [0.29, 0.717) is 18.2 Å². The van der Waals surface area contributed by atoms with E-state index in [4.69, 9.17) is 11.6 Å². The maximum atomic E-state index is 10.2. The van der Waals surface area contributed by atoms with Gasteiger partial charge in [0.15, 0.2) is 10.1 Å². The van der Waals surface area contributed by atoms with Crippen molar-refractivity contribution in [1.82, 2.24) is 14.7 Å². The Bertz CT molecular complexity index is 545. The van der Waals surface area contributed by atoms with Gasteiger partial charge in [-0.1, -0.05) is 24.4 Å². The summed E-state index contributed by atoms with van der Waals surface area (Å²) in [5, 5.41) is 16.1. The van der Waals surface area contributed by atoms with Crippen LogP contribution in [0.15, 0.2) is 11.6 Å². The summed E-state index contributed by atoms with van der Waals surface area (Å²) in [6.45, 7) is 1.26. The molecule has 4 nitrogen and oxygen atoms in total. The Morgan fingerprint density at radius 1 is 1.50 bits per heavy atom. The number of hydrogen-bond donors (Lipinski definition) is 2. The fourth-order valence-electron chi connectivity index (χ4n) is 2.59. The minimum atomic E-state index is -0.523. The number of hydrogen-bond acceptors (Lipinski definition) is 4. The highest BCUT2D eigenvalue weighted by atomic mass is 35.5. The molecule has 2 aromatic rings. The Kier molecular flexibility index (Phi) is 3.32. The second kappa shape index (κ2) is 4.81. The van der Waals surface area contributed by atoms with Crippen molar-refractivity contribution < 1.29 is 5.11 Å². The molecule has 98 valence electrons. The van der Waals surface area contributed by atoms with E-state index in [-0.39, 0.29) is 0 Å². The third-order valence-electron chi connectivity index (χ3n) is 3.59. The van der Waals surface area contributed by atoms with Crippen molar-refractivity contribution in [3.8, 4) is 0 Å². The van der Waals surface area contributed by atoms with Gasteiger partial charge in [-0.2, -0.15) is 0 Å². The predicted octanol–water partition coefficient (Wildman–Crippen LogP) is 2.44. The molecule has 0 radical (unpaired) electrons. The Labute approximate surface area is 115 Å². The highest BCUT2D eigenvalue weighted by molar-refractivity contribution is 7.15. The lowest BCUT2D eigenvalue weighted by atomic mass is 10.0. The van der Waals surface area contributed by atoms with Gasteiger partial charge in [-0.15, -0.1) is 11.3 Å². The summed E-state index contributed by atoms with van der Waals surface area (Å²) in [6, 6.07) is 0. The Hall–Kier alpha value is -0.620. The van der Waals surface area contributed by atoms with E-state index < -0.39 is 5.60 Å². The number of nitrogens with one attached hydrogen (secondary N) is 1. The van der Waals surface area contributed by atoms with Crippen molar-refractivity contribution in [3.05, 3.63) is 22.4 Å². The highest BCUT2D eigenvalue weighted by Crippen LogP contribution is 2.29. The van der Waals surface area contributed by atoms with Gasteiger partial charge in [-0.3, -0.25) is 4.40 Å². The van der Waals surface area contributed by atoms with Crippen molar-refractivity contribution >= 4 is 27.9 Å². The molecule has 0 saturated heterocycles. The summed E-state index contributed by atoms with van der Waals surface area (Å²) in [5.74, 6) is 0. The van der Waals surface area contributed by atoms with E-state index in [2.05, 4.69) is 10.3 Å². The van der Waals surface area contributed by atoms with Gasteiger partial charge >= 0.3 is 0 Å². The molecule has 1 aliphatic rings. The zero-order valence-corrected chi connectivity index (χ0v) is 11.6. The van der Waals surface area contributed by atoms with Gasteiger partial charge in [0, 0.05) is 24.7 Å². The summed E-state index contributed by atoms with van der Waals surface area (Å²) in [6.07, 6.45) is 6.02. The fourth-order valence-corrected chi connectivity index (χ4v) is 3.61. The number of aliphatic hydroxyl groups is 1. The van der Waals surface area contributed by atoms with Crippen LogP contribution in [0, 0.1) is 0 Å². The van der Waals surface area contributed by atoms with E-state index in [1.165, 1.54) is 0 Å². The standard InChI is InChI=1S/C12H16ClN3OS/c13-10-9(16-5-6-18-11(16)15-10)7-14-8-12(17)3-1-2-4-12/h5-6,14,17H,1-4,7-8H2. The second-order valence-electron chi connectivity index (χ2n) is 4.94. The largest absolute Gasteiger partial charge is 0.389 e. The van der Waals surface area contributed by atoms with Crippen LogP contribution in [0.1, 0.15) is 31.4 Å². The van der Waals surface area contributed by atoms with Gasteiger partial charge < -0.3 is 10.4 Å². The third kappa shape index (κ3) is 2.28. The minimum Gasteiger partial charge on any atom is -0.389 e. The lowest BCUT2D eigenvalue weighted by molar-refractivity contribution is 0.0474. The first-order valence-corrected chi connectivity index (χ1v) is 7.47. The smallest absolute Gasteiger partial charge is 0.195 e. The van der Waals surface area contributed by atoms with Crippen LogP contribution in [0.5, 0.6) is 0 Å². The maximum absolute atomic E-state index is 10.2. The first kappa shape index (κ1) is 12.4. The normalized spacial score (nSPS) is 18.8. The molecule has 1 fully saturated rings. The van der Waals surface area contributed by atoms with Crippen LogP contribution < -0.4 is 5.32 Å². The molecule has 0 spiro atoms. The molecule has 0 aromatic carbocycles. The van der Waals surface area contributed by atoms with E-state index in [9.17, 15) is 5.11 Å². The first-order valence-electron chi connectivity index (χ1n) is 6.21. The van der Waals surface area contributed by atoms with Crippen molar-refractivity contribution in [2.75, 3.05) is 6.54 Å². The van der Waals surface area contributed by atoms with Crippen LogP contribution in [-0.2, 0) is 6.54 Å². The number of halogens is 1. The number of thiazole rings is 1. The Morgan fingerprint density at radius 2 is 2.28 bits per heavy atom. The summed E-state index contributed by atoms with van der Waals surface area (Å²) in [4.78, 5) is 5.20. The quantitative estimate of drug-likeness (QED) is 0.907. The van der Waals surface area contributed by atoms with Gasteiger partial charge in [-0.05, 0) is 12.8 Å². The molecule has 0 unspecified atom stereocenters. The van der Waals surface area contributed by atoms with Crippen molar-refractivity contribution in [2.45, 2.75) is 37.8 Å². The molecular weight excluding hydrogens is 270 g/mol. The zero-order chi connectivity index (χ0) is 12.6. The van der Waals surface area contributed by atoms with Crippen LogP contribution in [0.3, 0.4) is 0 Å². The topological polar surface area (TPSA) is 49.6 Å². The number of fused-ring (bicyclic) bond motifs is 1. The Balaban J connectivity index is 1.66. The lowest BCUT2D eigenvalue weighted by Crippen LogP contribution is -2.37. The van der Waals surface area contributed by atoms with E-state index in [1.54, 1.807) is 11.3 Å². The monoisotopic (exact) mass is 285 g/mol. The first-order chi connectivity index (χ1) is 8.68. The molecule has 1 aliphatic carbocycles. The molecule has 0 bridgehead atoms. The molecule has 2 heterocycles. The van der Waals surface area contributed by atoms with Crippen LogP contribution >= 0.6 is 22.9 Å². The average molecular weight is 286 g/mol. The van der Waals surface area contributed by atoms with Gasteiger partial charge in [0.05, 0.1) is 11.3 Å². The molecule has 2 N–H and O–H groups in total. The highest BCUT2D eigenvalue weighted by Gasteiger charge is 2.30. The number of nitrogens with zero attached hydrogens (tertiary/aromatic N) is 2. The third-order valence-corrected chi connectivity index (χ3v) is 4.65. The number of rotatable bonds is 4. The summed E-state index contributed by atoms with van der Waals surface area (Å²) < 4.78 is 2.00. The van der Waals surface area contributed by atoms with Gasteiger partial charge in [0.25, 0.3) is 0 Å². The van der Waals surface area contributed by atoms with Gasteiger partial charge in [0.2, 0.25) is 0 Å². The molecule has 1 saturated carbocycles. The predicted molar refractivity (Wildman–Crippen MR) is 73.2 cm³/mol. The molecule has 3 rings (SSSR count). The SMILES string of the molecule is OC1(CNCc2c(Cl)nc3sccn23)CCCC1. The minimum absolute atomic E-state index is 0.523. The number of imidazole rings is 1.